The van der Waals surface area contributed by atoms with E-state index in [0.717, 1.165) is 24.2 Å². The van der Waals surface area contributed by atoms with E-state index < -0.39 is 0 Å². The Labute approximate surface area is 185 Å². The minimum atomic E-state index is -0.0762. The van der Waals surface area contributed by atoms with Gasteiger partial charge in [-0.25, -0.2) is 0 Å². The Morgan fingerprint density at radius 1 is 0.958 bits per heavy atom. The van der Waals surface area contributed by atoms with Crippen molar-refractivity contribution >= 4 is 0 Å². The van der Waals surface area contributed by atoms with E-state index in [1.807, 2.05) is 11.8 Å². The minimum absolute atomic E-state index is 0. The van der Waals surface area contributed by atoms with Crippen molar-refractivity contribution < 1.29 is 49.2 Å². The van der Waals surface area contributed by atoms with Crippen molar-refractivity contribution in [3.8, 4) is 0 Å². The third-order valence-corrected chi connectivity index (χ3v) is 9.10. The van der Waals surface area contributed by atoms with E-state index >= 15 is 0 Å². The van der Waals surface area contributed by atoms with Crippen molar-refractivity contribution in [2.75, 3.05) is 0 Å². The van der Waals surface area contributed by atoms with Gasteiger partial charge in [0.15, 0.2) is 0 Å². The Morgan fingerprint density at radius 3 is 2.38 bits per heavy atom. The van der Waals surface area contributed by atoms with Crippen molar-refractivity contribution in [3.05, 3.63) is 11.8 Å². The van der Waals surface area contributed by atoms with Crippen LogP contribution in [0.4, 0.5) is 0 Å². The zero-order valence-electron chi connectivity index (χ0n) is 16.4. The standard InChI is InChI=1S/C22H36O.Ac/c1-13-8-9-21(4)16(10-13)11-14(2)20-17-6-7-19(23)22(17,5)15(3)12-18(20)21;/h13-15,17-19,23H,6-12H2,1-5H3;. The van der Waals surface area contributed by atoms with E-state index in [2.05, 4.69) is 34.6 Å². The van der Waals surface area contributed by atoms with E-state index in [-0.39, 0.29) is 55.6 Å². The average molecular weight is 544 g/mol. The predicted molar refractivity (Wildman–Crippen MR) is 95.5 cm³/mol. The maximum absolute atomic E-state index is 10.7. The van der Waals surface area contributed by atoms with Crippen LogP contribution in [-0.2, 0) is 0 Å². The molecule has 0 amide bonds. The van der Waals surface area contributed by atoms with Crippen LogP contribution in [0.1, 0.15) is 79.6 Å². The van der Waals surface area contributed by atoms with Crippen LogP contribution < -0.4 is 0 Å². The van der Waals surface area contributed by atoms with Crippen LogP contribution in [0, 0.1) is 96.3 Å². The normalized spacial score (nSPS) is 55.2. The Kier molecular flexibility index (Phi) is 5.69. The molecule has 4 rings (SSSR count). The molecule has 4 saturated carbocycles. The molecule has 4 aliphatic carbocycles. The van der Waals surface area contributed by atoms with Crippen LogP contribution in [0.3, 0.4) is 0 Å². The van der Waals surface area contributed by atoms with E-state index in [1.165, 1.54) is 38.5 Å². The fourth-order valence-corrected chi connectivity index (χ4v) is 7.38. The van der Waals surface area contributed by atoms with E-state index in [4.69, 9.17) is 0 Å². The van der Waals surface area contributed by atoms with Gasteiger partial charge in [-0.15, -0.1) is 0 Å². The number of fused-ring (bicyclic) bond motifs is 5. The van der Waals surface area contributed by atoms with Gasteiger partial charge in [-0.05, 0) is 90.8 Å². The topological polar surface area (TPSA) is 20.2 Å². The summed E-state index contributed by atoms with van der Waals surface area (Å²) in [4.78, 5) is 0. The van der Waals surface area contributed by atoms with Crippen LogP contribution in [0.15, 0.2) is 0 Å². The molecule has 0 bridgehead atoms. The molecular weight excluding hydrogens is 507 g/mol. The van der Waals surface area contributed by atoms with Gasteiger partial charge in [0.25, 0.3) is 0 Å². The van der Waals surface area contributed by atoms with Gasteiger partial charge < -0.3 is 5.11 Å². The molecule has 1 nitrogen and oxygen atoms in total. The number of aliphatic hydroxyl groups excluding tert-OH is 1. The average Bonchev–Trinajstić information content (AvgIpc) is 2.80. The SMILES string of the molecule is CC1CCC2(C)[C](C1)CC(C)[C]1C2CC(C)C2(C)C(O)CCC12.[Ac]. The minimum Gasteiger partial charge on any atom is -0.393 e. The predicted octanol–water partition coefficient (Wildman–Crippen LogP) is 5.43. The molecule has 0 aromatic carbocycles. The van der Waals surface area contributed by atoms with Crippen molar-refractivity contribution in [1.82, 2.24) is 0 Å². The second kappa shape index (κ2) is 6.78. The molecule has 4 aliphatic rings. The molecule has 8 unspecified atom stereocenters. The van der Waals surface area contributed by atoms with Crippen molar-refractivity contribution in [2.45, 2.75) is 85.7 Å². The molecule has 4 fully saturated rings. The molecular formula is C22H36AcO. The van der Waals surface area contributed by atoms with Gasteiger partial charge in [0, 0.05) is 44.1 Å². The number of hydrogen-bond acceptors (Lipinski definition) is 1. The Morgan fingerprint density at radius 2 is 1.67 bits per heavy atom. The van der Waals surface area contributed by atoms with Crippen LogP contribution in [0.5, 0.6) is 0 Å². The molecule has 0 spiro atoms. The summed E-state index contributed by atoms with van der Waals surface area (Å²) in [6.07, 6.45) is 9.04. The van der Waals surface area contributed by atoms with Crippen LogP contribution >= 0.6 is 0 Å². The van der Waals surface area contributed by atoms with Crippen LogP contribution in [0.2, 0.25) is 0 Å². The number of hydrogen-bond donors (Lipinski definition) is 1. The van der Waals surface area contributed by atoms with Gasteiger partial charge in [-0.3, -0.25) is 0 Å². The molecule has 3 radical (unpaired) electrons. The second-order valence-corrected chi connectivity index (χ2v) is 10.2. The molecule has 0 aliphatic heterocycles. The molecule has 2 heteroatoms. The Hall–Kier alpha value is 1.40. The monoisotopic (exact) mass is 543 g/mol. The summed E-state index contributed by atoms with van der Waals surface area (Å²) in [6, 6.07) is 0. The molecule has 0 saturated heterocycles. The van der Waals surface area contributed by atoms with Crippen molar-refractivity contribution in [1.29, 1.82) is 0 Å². The molecule has 0 heterocycles. The smallest absolute Gasteiger partial charge is 0.0599 e. The van der Waals surface area contributed by atoms with E-state index in [9.17, 15) is 5.11 Å². The van der Waals surface area contributed by atoms with Gasteiger partial charge in [0.05, 0.1) is 6.10 Å². The molecule has 8 atom stereocenters. The molecule has 1 N–H and O–H groups in total. The molecule has 0 aromatic rings. The van der Waals surface area contributed by atoms with Crippen molar-refractivity contribution in [3.63, 3.8) is 0 Å². The summed E-state index contributed by atoms with van der Waals surface area (Å²) in [5.41, 5.74) is 0.618. The fraction of sp³-hybridized carbons (Fsp3) is 0.909. The third kappa shape index (κ3) is 2.66. The zero-order valence-corrected chi connectivity index (χ0v) is 21.2. The summed E-state index contributed by atoms with van der Waals surface area (Å²) in [7, 11) is 0. The third-order valence-electron chi connectivity index (χ3n) is 9.10. The fourth-order valence-electron chi connectivity index (χ4n) is 7.38. The second-order valence-electron chi connectivity index (χ2n) is 10.2. The number of aliphatic hydroxyl groups is 1. The van der Waals surface area contributed by atoms with E-state index in [0.29, 0.717) is 17.3 Å². The van der Waals surface area contributed by atoms with Crippen LogP contribution in [-0.4, -0.2) is 11.2 Å². The number of rotatable bonds is 0. The summed E-state index contributed by atoms with van der Waals surface area (Å²) in [6.45, 7) is 12.4. The van der Waals surface area contributed by atoms with Gasteiger partial charge in [0.1, 0.15) is 0 Å². The summed E-state index contributed by atoms with van der Waals surface area (Å²) in [5, 5.41) is 10.7. The first-order chi connectivity index (χ1) is 10.8. The van der Waals surface area contributed by atoms with Gasteiger partial charge in [0.2, 0.25) is 0 Å². The summed E-state index contributed by atoms with van der Waals surface area (Å²) in [5.74, 6) is 7.55. The maximum Gasteiger partial charge on any atom is 0.0599 e. The first-order valence-electron chi connectivity index (χ1n) is 10.2. The quantitative estimate of drug-likeness (QED) is 0.432. The molecule has 0 aromatic heterocycles. The first kappa shape index (κ1) is 20.1. The zero-order chi connectivity index (χ0) is 16.6. The Bertz CT molecular complexity index is 479. The summed E-state index contributed by atoms with van der Waals surface area (Å²) >= 11 is 0. The van der Waals surface area contributed by atoms with E-state index in [1.54, 1.807) is 0 Å². The van der Waals surface area contributed by atoms with Crippen LogP contribution in [0.25, 0.3) is 0 Å². The van der Waals surface area contributed by atoms with Gasteiger partial charge in [-0.1, -0.05) is 41.0 Å². The van der Waals surface area contributed by atoms with Crippen molar-refractivity contribution in [2.24, 2.45) is 40.4 Å². The maximum atomic E-state index is 10.7. The first-order valence-corrected chi connectivity index (χ1v) is 10.2. The van der Waals surface area contributed by atoms with Gasteiger partial charge in [-0.2, -0.15) is 0 Å². The molecule has 24 heavy (non-hydrogen) atoms. The largest absolute Gasteiger partial charge is 0.393 e. The summed E-state index contributed by atoms with van der Waals surface area (Å²) < 4.78 is 0. The molecule has 133 valence electrons. The Balaban J connectivity index is 0.00000169. The van der Waals surface area contributed by atoms with Gasteiger partial charge >= 0.3 is 0 Å².